The third kappa shape index (κ3) is 3.67. The molecule has 0 spiro atoms. The van der Waals surface area contributed by atoms with Crippen LogP contribution < -0.4 is 9.47 Å². The maximum atomic E-state index is 6.20. The van der Waals surface area contributed by atoms with Crippen molar-refractivity contribution in [3.63, 3.8) is 0 Å². The van der Waals surface area contributed by atoms with Crippen molar-refractivity contribution in [1.29, 1.82) is 0 Å². The lowest BCUT2D eigenvalue weighted by Crippen LogP contribution is -1.98. The smallest absolute Gasteiger partial charge is 0.120 e. The molecule has 2 nitrogen and oxygen atoms in total. The van der Waals surface area contributed by atoms with E-state index in [4.69, 9.17) is 21.1 Å². The van der Waals surface area contributed by atoms with E-state index in [1.165, 1.54) is 5.56 Å². The van der Waals surface area contributed by atoms with Crippen LogP contribution in [0.4, 0.5) is 0 Å². The predicted octanol–water partition coefficient (Wildman–Crippen LogP) is 5.05. The second-order valence-corrected chi connectivity index (χ2v) is 5.38. The minimum Gasteiger partial charge on any atom is -0.497 e. The number of methoxy groups -OCH3 is 1. The number of halogens is 1. The van der Waals surface area contributed by atoms with Crippen LogP contribution in [0, 0.1) is 0 Å². The highest BCUT2D eigenvalue weighted by molar-refractivity contribution is 6.31. The van der Waals surface area contributed by atoms with Crippen LogP contribution in [0.15, 0.2) is 42.5 Å². The van der Waals surface area contributed by atoms with Gasteiger partial charge in [0.25, 0.3) is 0 Å². The van der Waals surface area contributed by atoms with Gasteiger partial charge in [0.15, 0.2) is 0 Å². The highest BCUT2D eigenvalue weighted by atomic mass is 35.5. The molecule has 2 rings (SSSR count). The molecule has 0 aromatic heterocycles. The Morgan fingerprint density at radius 1 is 1.05 bits per heavy atom. The van der Waals surface area contributed by atoms with Gasteiger partial charge in [0.05, 0.1) is 12.1 Å². The molecule has 0 N–H and O–H groups in total. The first-order valence-corrected chi connectivity index (χ1v) is 7.03. The van der Waals surface area contributed by atoms with E-state index in [-0.39, 0.29) is 0 Å². The first-order valence-electron chi connectivity index (χ1n) is 6.65. The van der Waals surface area contributed by atoms with Gasteiger partial charge in [0, 0.05) is 5.56 Å². The zero-order chi connectivity index (χ0) is 14.5. The Bertz CT molecular complexity index is 579. The number of rotatable bonds is 5. The van der Waals surface area contributed by atoms with E-state index in [1.54, 1.807) is 13.2 Å². The quantitative estimate of drug-likeness (QED) is 0.767. The predicted molar refractivity (Wildman–Crippen MR) is 82.9 cm³/mol. The molecule has 0 atom stereocenters. The summed E-state index contributed by atoms with van der Waals surface area (Å²) in [5.74, 6) is 2.10. The molecule has 0 bridgehead atoms. The van der Waals surface area contributed by atoms with Gasteiger partial charge in [0.2, 0.25) is 0 Å². The molecule has 3 heteroatoms. The highest BCUT2D eigenvalue weighted by Crippen LogP contribution is 2.25. The molecule has 0 aliphatic rings. The molecule has 2 aromatic carbocycles. The second-order valence-electron chi connectivity index (χ2n) is 4.97. The normalized spacial score (nSPS) is 10.7. The van der Waals surface area contributed by atoms with Crippen LogP contribution in [-0.4, -0.2) is 7.11 Å². The van der Waals surface area contributed by atoms with Crippen LogP contribution >= 0.6 is 11.6 Å². The zero-order valence-corrected chi connectivity index (χ0v) is 12.8. The van der Waals surface area contributed by atoms with E-state index in [9.17, 15) is 0 Å². The van der Waals surface area contributed by atoms with Crippen molar-refractivity contribution in [2.75, 3.05) is 7.11 Å². The fourth-order valence-corrected chi connectivity index (χ4v) is 2.12. The summed E-state index contributed by atoms with van der Waals surface area (Å²) in [6.45, 7) is 4.78. The third-order valence-corrected chi connectivity index (χ3v) is 3.53. The van der Waals surface area contributed by atoms with Crippen molar-refractivity contribution < 1.29 is 9.47 Å². The molecule has 20 heavy (non-hydrogen) atoms. The van der Waals surface area contributed by atoms with Gasteiger partial charge in [-0.05, 0) is 35.7 Å². The van der Waals surface area contributed by atoms with Gasteiger partial charge in [0.1, 0.15) is 18.1 Å². The van der Waals surface area contributed by atoms with Crippen molar-refractivity contribution >= 4 is 11.6 Å². The monoisotopic (exact) mass is 290 g/mol. The molecule has 106 valence electrons. The van der Waals surface area contributed by atoms with Crippen molar-refractivity contribution in [1.82, 2.24) is 0 Å². The maximum Gasteiger partial charge on any atom is 0.120 e. The Labute approximate surface area is 125 Å². The molecule has 0 fully saturated rings. The van der Waals surface area contributed by atoms with Gasteiger partial charge >= 0.3 is 0 Å². The fourth-order valence-electron chi connectivity index (χ4n) is 1.90. The molecule has 0 unspecified atom stereocenters. The van der Waals surface area contributed by atoms with Gasteiger partial charge in [-0.25, -0.2) is 0 Å². The number of benzene rings is 2. The standard InChI is InChI=1S/C17H19ClO2/c1-12(2)13-5-4-6-16(9-13)20-11-14-7-8-15(19-3)10-17(14)18/h4-10,12H,11H2,1-3H3. The Morgan fingerprint density at radius 2 is 1.85 bits per heavy atom. The first-order chi connectivity index (χ1) is 9.60. The molecule has 2 aromatic rings. The molecular formula is C17H19ClO2. The Kier molecular flexibility index (Phi) is 4.91. The van der Waals surface area contributed by atoms with Crippen LogP contribution in [0.5, 0.6) is 11.5 Å². The topological polar surface area (TPSA) is 18.5 Å². The molecule has 0 saturated carbocycles. The summed E-state index contributed by atoms with van der Waals surface area (Å²) >= 11 is 6.20. The SMILES string of the molecule is COc1ccc(COc2cccc(C(C)C)c2)c(Cl)c1. The minimum absolute atomic E-state index is 0.449. The van der Waals surface area contributed by atoms with Crippen molar-refractivity contribution in [2.45, 2.75) is 26.4 Å². The molecule has 0 heterocycles. The molecule has 0 radical (unpaired) electrons. The van der Waals surface area contributed by atoms with E-state index < -0.39 is 0 Å². The summed E-state index contributed by atoms with van der Waals surface area (Å²) in [4.78, 5) is 0. The van der Waals surface area contributed by atoms with E-state index in [0.29, 0.717) is 17.5 Å². The van der Waals surface area contributed by atoms with Crippen LogP contribution in [0.1, 0.15) is 30.9 Å². The van der Waals surface area contributed by atoms with Gasteiger partial charge in [-0.15, -0.1) is 0 Å². The summed E-state index contributed by atoms with van der Waals surface area (Å²) in [6.07, 6.45) is 0. The van der Waals surface area contributed by atoms with E-state index in [2.05, 4.69) is 26.0 Å². The van der Waals surface area contributed by atoms with Gasteiger partial charge < -0.3 is 9.47 Å². The van der Waals surface area contributed by atoms with Gasteiger partial charge in [-0.3, -0.25) is 0 Å². The van der Waals surface area contributed by atoms with Crippen molar-refractivity contribution in [2.24, 2.45) is 0 Å². The Balaban J connectivity index is 2.07. The van der Waals surface area contributed by atoms with Crippen LogP contribution in [-0.2, 0) is 6.61 Å². The average Bonchev–Trinajstić information content (AvgIpc) is 2.46. The van der Waals surface area contributed by atoms with E-state index in [1.807, 2.05) is 24.3 Å². The van der Waals surface area contributed by atoms with Gasteiger partial charge in [-0.2, -0.15) is 0 Å². The number of hydrogen-bond donors (Lipinski definition) is 0. The minimum atomic E-state index is 0.449. The summed E-state index contributed by atoms with van der Waals surface area (Å²) in [5.41, 5.74) is 2.21. The van der Waals surface area contributed by atoms with Crippen LogP contribution in [0.25, 0.3) is 0 Å². The highest BCUT2D eigenvalue weighted by Gasteiger charge is 2.05. The molecule has 0 saturated heterocycles. The lowest BCUT2D eigenvalue weighted by molar-refractivity contribution is 0.305. The number of ether oxygens (including phenoxy) is 2. The first kappa shape index (κ1) is 14.7. The molecule has 0 aliphatic heterocycles. The van der Waals surface area contributed by atoms with Crippen molar-refractivity contribution in [3.8, 4) is 11.5 Å². The lowest BCUT2D eigenvalue weighted by atomic mass is 10.0. The largest absolute Gasteiger partial charge is 0.497 e. The third-order valence-electron chi connectivity index (χ3n) is 3.18. The lowest BCUT2D eigenvalue weighted by Gasteiger charge is -2.11. The summed E-state index contributed by atoms with van der Waals surface area (Å²) in [6, 6.07) is 13.8. The Morgan fingerprint density at radius 3 is 2.50 bits per heavy atom. The summed E-state index contributed by atoms with van der Waals surface area (Å²) in [5, 5.41) is 0.657. The van der Waals surface area contributed by atoms with Crippen molar-refractivity contribution in [3.05, 3.63) is 58.6 Å². The zero-order valence-electron chi connectivity index (χ0n) is 12.0. The fraction of sp³-hybridized carbons (Fsp3) is 0.294. The summed E-state index contributed by atoms with van der Waals surface area (Å²) < 4.78 is 10.9. The van der Waals surface area contributed by atoms with E-state index >= 15 is 0 Å². The average molecular weight is 291 g/mol. The maximum absolute atomic E-state index is 6.20. The van der Waals surface area contributed by atoms with Crippen LogP contribution in [0.2, 0.25) is 5.02 Å². The molecule has 0 aliphatic carbocycles. The molecule has 0 amide bonds. The number of hydrogen-bond acceptors (Lipinski definition) is 2. The van der Waals surface area contributed by atoms with E-state index in [0.717, 1.165) is 17.1 Å². The van der Waals surface area contributed by atoms with Crippen LogP contribution in [0.3, 0.4) is 0 Å². The summed E-state index contributed by atoms with van der Waals surface area (Å²) in [7, 11) is 1.62. The second kappa shape index (κ2) is 6.67. The Hall–Kier alpha value is -1.67. The molecular weight excluding hydrogens is 272 g/mol. The van der Waals surface area contributed by atoms with Gasteiger partial charge in [-0.1, -0.05) is 43.6 Å².